The third-order valence-corrected chi connectivity index (χ3v) is 3.51. The quantitative estimate of drug-likeness (QED) is 0.885. The Hall–Kier alpha value is -1.75. The van der Waals surface area contributed by atoms with Crippen molar-refractivity contribution in [1.82, 2.24) is 0 Å². The Morgan fingerprint density at radius 2 is 1.94 bits per heavy atom. The van der Waals surface area contributed by atoms with Gasteiger partial charge in [0.15, 0.2) is 0 Å². The van der Waals surface area contributed by atoms with Crippen LogP contribution in [0.5, 0.6) is 0 Å². The second-order valence-corrected chi connectivity index (χ2v) is 4.93. The molecule has 0 saturated heterocycles. The summed E-state index contributed by atoms with van der Waals surface area (Å²) in [6.45, 7) is 0. The number of rotatable bonds is 2. The van der Waals surface area contributed by atoms with Crippen molar-refractivity contribution in [2.75, 3.05) is 12.4 Å². The molecule has 0 aliphatic heterocycles. The lowest BCUT2D eigenvalue weighted by Gasteiger charge is -2.10. The van der Waals surface area contributed by atoms with Gasteiger partial charge in [0.1, 0.15) is 6.07 Å². The predicted octanol–water partition coefficient (Wildman–Crippen LogP) is 1.89. The minimum Gasteiger partial charge on any atom is -0.388 e. The monoisotopic (exact) mass is 264 g/mol. The van der Waals surface area contributed by atoms with Crippen LogP contribution in [0, 0.1) is 11.3 Å². The van der Waals surface area contributed by atoms with Crippen molar-refractivity contribution in [3.63, 3.8) is 0 Å². The molecule has 0 radical (unpaired) electrons. The van der Waals surface area contributed by atoms with Crippen LogP contribution in [0.2, 0.25) is 0 Å². The first-order valence-electron chi connectivity index (χ1n) is 4.27. The van der Waals surface area contributed by atoms with Crippen LogP contribution >= 0.6 is 0 Å². The average Bonchev–Trinajstić information content (AvgIpc) is 2.26. The number of anilines is 1. The maximum absolute atomic E-state index is 12.4. The topological polar surface area (TPSA) is 70.0 Å². The van der Waals surface area contributed by atoms with Crippen LogP contribution in [-0.2, 0) is 9.84 Å². The lowest BCUT2D eigenvalue weighted by Crippen LogP contribution is -2.24. The van der Waals surface area contributed by atoms with Crippen LogP contribution < -0.4 is 5.32 Å². The molecule has 0 bridgehead atoms. The van der Waals surface area contributed by atoms with Gasteiger partial charge in [-0.3, -0.25) is 0 Å². The zero-order valence-corrected chi connectivity index (χ0v) is 9.35. The number of benzene rings is 1. The molecule has 92 valence electrons. The fourth-order valence-electron chi connectivity index (χ4n) is 1.12. The molecule has 0 atom stereocenters. The van der Waals surface area contributed by atoms with E-state index in [1.54, 1.807) is 0 Å². The molecule has 1 aromatic carbocycles. The number of hydrogen-bond donors (Lipinski definition) is 1. The fraction of sp³-hybridized carbons (Fsp3) is 0.222. The normalized spacial score (nSPS) is 11.9. The smallest absolute Gasteiger partial charge is 0.388 e. The largest absolute Gasteiger partial charge is 0.501 e. The molecule has 0 spiro atoms. The van der Waals surface area contributed by atoms with Gasteiger partial charge in [-0.15, -0.1) is 0 Å². The molecule has 0 aliphatic rings. The van der Waals surface area contributed by atoms with E-state index in [0.29, 0.717) is 0 Å². The Labute approximate surface area is 95.6 Å². The first-order chi connectivity index (χ1) is 7.74. The average molecular weight is 264 g/mol. The van der Waals surface area contributed by atoms with Gasteiger partial charge < -0.3 is 5.32 Å². The van der Waals surface area contributed by atoms with Crippen LogP contribution in [0.15, 0.2) is 23.1 Å². The van der Waals surface area contributed by atoms with E-state index in [-0.39, 0.29) is 5.69 Å². The third kappa shape index (κ3) is 2.34. The van der Waals surface area contributed by atoms with Crippen molar-refractivity contribution in [3.8, 4) is 6.07 Å². The zero-order valence-electron chi connectivity index (χ0n) is 8.54. The van der Waals surface area contributed by atoms with Gasteiger partial charge in [0.05, 0.1) is 10.5 Å². The molecule has 0 saturated carbocycles. The molecule has 1 rings (SSSR count). The first-order valence-corrected chi connectivity index (χ1v) is 5.75. The second kappa shape index (κ2) is 4.25. The first kappa shape index (κ1) is 13.3. The molecule has 4 nitrogen and oxygen atoms in total. The highest BCUT2D eigenvalue weighted by atomic mass is 32.2. The van der Waals surface area contributed by atoms with E-state index in [1.807, 2.05) is 0 Å². The standard InChI is InChI=1S/C9H7F3N2O2S/c1-14-7-3-2-6(5-13)8(4-7)17(15,16)9(10,11)12/h2-4,14H,1H3. The van der Waals surface area contributed by atoms with E-state index in [9.17, 15) is 21.6 Å². The van der Waals surface area contributed by atoms with Crippen molar-refractivity contribution < 1.29 is 21.6 Å². The summed E-state index contributed by atoms with van der Waals surface area (Å²) in [6, 6.07) is 4.53. The summed E-state index contributed by atoms with van der Waals surface area (Å²) in [4.78, 5) is -1.04. The third-order valence-electron chi connectivity index (χ3n) is 1.98. The van der Waals surface area contributed by atoms with E-state index in [1.165, 1.54) is 19.2 Å². The Bertz CT molecular complexity index is 573. The number of halogens is 3. The Morgan fingerprint density at radius 3 is 2.35 bits per heavy atom. The molecule has 0 aromatic heterocycles. The lowest BCUT2D eigenvalue weighted by atomic mass is 10.2. The maximum Gasteiger partial charge on any atom is 0.501 e. The summed E-state index contributed by atoms with van der Waals surface area (Å²) < 4.78 is 59.5. The van der Waals surface area contributed by atoms with E-state index in [2.05, 4.69) is 5.32 Å². The van der Waals surface area contributed by atoms with Gasteiger partial charge in [0.2, 0.25) is 0 Å². The summed E-state index contributed by atoms with van der Waals surface area (Å²) in [6.07, 6.45) is 0. The minimum atomic E-state index is -5.51. The van der Waals surface area contributed by atoms with Gasteiger partial charge in [-0.05, 0) is 18.2 Å². The number of nitriles is 1. The van der Waals surface area contributed by atoms with Crippen LogP contribution in [0.4, 0.5) is 18.9 Å². The molecule has 8 heteroatoms. The number of sulfone groups is 1. The summed E-state index contributed by atoms with van der Waals surface area (Å²) in [5.74, 6) is 0. The van der Waals surface area contributed by atoms with Gasteiger partial charge in [-0.25, -0.2) is 8.42 Å². The van der Waals surface area contributed by atoms with Crippen LogP contribution in [0.3, 0.4) is 0 Å². The number of alkyl halides is 3. The molecular weight excluding hydrogens is 257 g/mol. The molecule has 17 heavy (non-hydrogen) atoms. The maximum atomic E-state index is 12.4. The summed E-state index contributed by atoms with van der Waals surface area (Å²) >= 11 is 0. The Kier molecular flexibility index (Phi) is 3.33. The number of hydrogen-bond acceptors (Lipinski definition) is 4. The summed E-state index contributed by atoms with van der Waals surface area (Å²) in [5.41, 5.74) is -5.79. The minimum absolute atomic E-state index is 0.173. The molecule has 0 heterocycles. The summed E-state index contributed by atoms with van der Waals surface area (Å²) in [5, 5.41) is 11.1. The number of nitrogens with zero attached hydrogens (tertiary/aromatic N) is 1. The van der Waals surface area contributed by atoms with Crippen molar-refractivity contribution in [1.29, 1.82) is 5.26 Å². The molecule has 0 aliphatic carbocycles. The summed E-state index contributed by atoms with van der Waals surface area (Å²) in [7, 11) is -4.09. The second-order valence-electron chi connectivity index (χ2n) is 3.02. The lowest BCUT2D eigenvalue weighted by molar-refractivity contribution is -0.0436. The highest BCUT2D eigenvalue weighted by Gasteiger charge is 2.48. The molecule has 0 amide bonds. The van der Waals surface area contributed by atoms with Gasteiger partial charge in [-0.2, -0.15) is 18.4 Å². The number of nitrogens with one attached hydrogen (secondary N) is 1. The van der Waals surface area contributed by atoms with Gasteiger partial charge >= 0.3 is 5.51 Å². The van der Waals surface area contributed by atoms with Crippen LogP contribution in [0.25, 0.3) is 0 Å². The van der Waals surface area contributed by atoms with Crippen molar-refractivity contribution in [3.05, 3.63) is 23.8 Å². The molecule has 0 fully saturated rings. The zero-order chi connectivity index (χ0) is 13.3. The van der Waals surface area contributed by atoms with E-state index >= 15 is 0 Å². The fourth-order valence-corrected chi connectivity index (χ4v) is 2.05. The molecular formula is C9H7F3N2O2S. The van der Waals surface area contributed by atoms with E-state index in [0.717, 1.165) is 12.1 Å². The SMILES string of the molecule is CNc1ccc(C#N)c(S(=O)(=O)C(F)(F)F)c1. The van der Waals surface area contributed by atoms with Gasteiger partial charge in [-0.1, -0.05) is 0 Å². The van der Waals surface area contributed by atoms with Crippen LogP contribution in [-0.4, -0.2) is 21.0 Å². The highest BCUT2D eigenvalue weighted by Crippen LogP contribution is 2.33. The van der Waals surface area contributed by atoms with Gasteiger partial charge in [0, 0.05) is 12.7 Å². The van der Waals surface area contributed by atoms with E-state index < -0.39 is 25.8 Å². The van der Waals surface area contributed by atoms with Crippen LogP contribution in [0.1, 0.15) is 5.56 Å². The van der Waals surface area contributed by atoms with Crippen molar-refractivity contribution >= 4 is 15.5 Å². The van der Waals surface area contributed by atoms with Crippen molar-refractivity contribution in [2.45, 2.75) is 10.4 Å². The van der Waals surface area contributed by atoms with Gasteiger partial charge in [0.25, 0.3) is 9.84 Å². The molecule has 0 unspecified atom stereocenters. The van der Waals surface area contributed by atoms with E-state index in [4.69, 9.17) is 5.26 Å². The Balaban J connectivity index is 3.56. The molecule has 1 N–H and O–H groups in total. The highest BCUT2D eigenvalue weighted by molar-refractivity contribution is 7.92. The Morgan fingerprint density at radius 1 is 1.35 bits per heavy atom. The molecule has 1 aromatic rings. The predicted molar refractivity (Wildman–Crippen MR) is 53.9 cm³/mol. The van der Waals surface area contributed by atoms with Crippen molar-refractivity contribution in [2.24, 2.45) is 0 Å².